The maximum absolute atomic E-state index is 13.1. The topological polar surface area (TPSA) is 58.4 Å². The molecule has 27 heavy (non-hydrogen) atoms. The fourth-order valence-electron chi connectivity index (χ4n) is 3.97. The van der Waals surface area contributed by atoms with Crippen LogP contribution in [0.4, 0.5) is 17.1 Å². The van der Waals surface area contributed by atoms with Gasteiger partial charge in [-0.1, -0.05) is 36.4 Å². The molecule has 1 aliphatic rings. The van der Waals surface area contributed by atoms with Crippen LogP contribution in [-0.4, -0.2) is 18.5 Å². The van der Waals surface area contributed by atoms with Gasteiger partial charge in [0.05, 0.1) is 11.4 Å². The first-order chi connectivity index (χ1) is 13.1. The van der Waals surface area contributed by atoms with Crippen molar-refractivity contribution in [3.8, 4) is 0 Å². The second-order valence-corrected chi connectivity index (χ2v) is 7.30. The van der Waals surface area contributed by atoms with Crippen LogP contribution in [0.2, 0.25) is 0 Å². The lowest BCUT2D eigenvalue weighted by molar-refractivity contribution is 0.102. The van der Waals surface area contributed by atoms with Gasteiger partial charge < -0.3 is 16.0 Å². The molecule has 0 unspecified atom stereocenters. The highest BCUT2D eigenvalue weighted by Gasteiger charge is 2.22. The summed E-state index contributed by atoms with van der Waals surface area (Å²) >= 11 is 0. The van der Waals surface area contributed by atoms with Crippen LogP contribution in [0.15, 0.2) is 60.7 Å². The van der Waals surface area contributed by atoms with Crippen molar-refractivity contribution in [1.29, 1.82) is 0 Å². The molecule has 0 bridgehead atoms. The Morgan fingerprint density at radius 3 is 2.74 bits per heavy atom. The van der Waals surface area contributed by atoms with Gasteiger partial charge in [0.25, 0.3) is 5.91 Å². The third kappa shape index (κ3) is 3.47. The van der Waals surface area contributed by atoms with Crippen LogP contribution in [0, 0.1) is 0 Å². The van der Waals surface area contributed by atoms with Gasteiger partial charge in [-0.05, 0) is 61.2 Å². The van der Waals surface area contributed by atoms with Gasteiger partial charge in [0.15, 0.2) is 0 Å². The summed E-state index contributed by atoms with van der Waals surface area (Å²) in [7, 11) is 0. The van der Waals surface area contributed by atoms with E-state index in [2.05, 4.69) is 17.1 Å². The molecular weight excluding hydrogens is 334 g/mol. The fraction of sp³-hybridized carbons (Fsp3) is 0.261. The molecule has 4 nitrogen and oxygen atoms in total. The maximum Gasteiger partial charge on any atom is 0.256 e. The average Bonchev–Trinajstić information content (AvgIpc) is 2.68. The molecule has 0 spiro atoms. The van der Waals surface area contributed by atoms with Gasteiger partial charge >= 0.3 is 0 Å². The molecular formula is C23H25N3O. The SMILES string of the molecule is C[C@H]1CCCCN1c1ccc(N)cc1NC(=O)c1cccc2ccccc12. The monoisotopic (exact) mass is 359 g/mol. The number of piperidine rings is 1. The molecule has 1 heterocycles. The lowest BCUT2D eigenvalue weighted by Gasteiger charge is -2.36. The van der Waals surface area contributed by atoms with Crippen LogP contribution in [0.5, 0.6) is 0 Å². The summed E-state index contributed by atoms with van der Waals surface area (Å²) < 4.78 is 0. The van der Waals surface area contributed by atoms with E-state index in [0.29, 0.717) is 17.3 Å². The van der Waals surface area contributed by atoms with Crippen LogP contribution >= 0.6 is 0 Å². The molecule has 0 aromatic heterocycles. The van der Waals surface area contributed by atoms with E-state index in [1.54, 1.807) is 0 Å². The highest BCUT2D eigenvalue weighted by atomic mass is 16.1. The number of nitrogens with zero attached hydrogens (tertiary/aromatic N) is 1. The predicted octanol–water partition coefficient (Wildman–Crippen LogP) is 5.05. The van der Waals surface area contributed by atoms with E-state index < -0.39 is 0 Å². The first kappa shape index (κ1) is 17.4. The molecule has 1 atom stereocenters. The number of hydrogen-bond donors (Lipinski definition) is 2. The van der Waals surface area contributed by atoms with E-state index in [-0.39, 0.29) is 5.91 Å². The number of nitrogens with two attached hydrogens (primary N) is 1. The summed E-state index contributed by atoms with van der Waals surface area (Å²) in [5, 5.41) is 5.13. The van der Waals surface area contributed by atoms with E-state index in [1.807, 2.05) is 60.7 Å². The summed E-state index contributed by atoms with van der Waals surface area (Å²) in [5.41, 5.74) is 9.18. The zero-order chi connectivity index (χ0) is 18.8. The quantitative estimate of drug-likeness (QED) is 0.643. The zero-order valence-corrected chi connectivity index (χ0v) is 15.6. The Kier molecular flexibility index (Phi) is 4.71. The fourth-order valence-corrected chi connectivity index (χ4v) is 3.97. The van der Waals surface area contributed by atoms with Crippen LogP contribution in [0.25, 0.3) is 10.8 Å². The molecule has 3 N–H and O–H groups in total. The Hall–Kier alpha value is -3.01. The van der Waals surface area contributed by atoms with E-state index >= 15 is 0 Å². The number of rotatable bonds is 3. The van der Waals surface area contributed by atoms with Crippen molar-refractivity contribution in [3.63, 3.8) is 0 Å². The average molecular weight is 359 g/mol. The molecule has 138 valence electrons. The number of benzene rings is 3. The van der Waals surface area contributed by atoms with Gasteiger partial charge in [-0.25, -0.2) is 0 Å². The van der Waals surface area contributed by atoms with Gasteiger partial charge in [-0.2, -0.15) is 0 Å². The molecule has 0 radical (unpaired) electrons. The Morgan fingerprint density at radius 1 is 1.07 bits per heavy atom. The molecule has 1 saturated heterocycles. The van der Waals surface area contributed by atoms with Gasteiger partial charge in [-0.15, -0.1) is 0 Å². The standard InChI is InChI=1S/C23H25N3O/c1-16-7-4-5-14-26(16)22-13-12-18(24)15-21(22)25-23(27)20-11-6-9-17-8-2-3-10-19(17)20/h2-3,6,8-13,15-16H,4-5,7,14,24H2,1H3,(H,25,27)/t16-/m0/s1. The Labute approximate surface area is 160 Å². The van der Waals surface area contributed by atoms with Crippen LogP contribution in [0.3, 0.4) is 0 Å². The number of nitrogens with one attached hydrogen (secondary N) is 1. The third-order valence-corrected chi connectivity index (χ3v) is 5.42. The van der Waals surface area contributed by atoms with Crippen molar-refractivity contribution in [1.82, 2.24) is 0 Å². The zero-order valence-electron chi connectivity index (χ0n) is 15.6. The van der Waals surface area contributed by atoms with E-state index in [9.17, 15) is 4.79 Å². The minimum Gasteiger partial charge on any atom is -0.399 e. The van der Waals surface area contributed by atoms with Crippen LogP contribution in [0.1, 0.15) is 36.5 Å². The molecule has 1 fully saturated rings. The Bertz CT molecular complexity index is 977. The second kappa shape index (κ2) is 7.31. The van der Waals surface area contributed by atoms with Crippen LogP contribution < -0.4 is 16.0 Å². The normalized spacial score (nSPS) is 17.1. The first-order valence-electron chi connectivity index (χ1n) is 9.59. The minimum absolute atomic E-state index is 0.108. The van der Waals surface area contributed by atoms with Gasteiger partial charge in [0.1, 0.15) is 0 Å². The van der Waals surface area contributed by atoms with Crippen molar-refractivity contribution >= 4 is 33.7 Å². The summed E-state index contributed by atoms with van der Waals surface area (Å²) in [6.45, 7) is 3.24. The molecule has 1 aliphatic heterocycles. The van der Waals surface area contributed by atoms with E-state index in [1.165, 1.54) is 19.3 Å². The lowest BCUT2D eigenvalue weighted by Crippen LogP contribution is -2.38. The smallest absolute Gasteiger partial charge is 0.256 e. The predicted molar refractivity (Wildman–Crippen MR) is 113 cm³/mol. The van der Waals surface area contributed by atoms with Crippen molar-refractivity contribution in [2.24, 2.45) is 0 Å². The van der Waals surface area contributed by atoms with Gasteiger partial charge in [0, 0.05) is 23.8 Å². The summed E-state index contributed by atoms with van der Waals surface area (Å²) in [5.74, 6) is -0.108. The third-order valence-electron chi connectivity index (χ3n) is 5.42. The van der Waals surface area contributed by atoms with Crippen molar-refractivity contribution in [2.45, 2.75) is 32.2 Å². The number of amides is 1. The largest absolute Gasteiger partial charge is 0.399 e. The highest BCUT2D eigenvalue weighted by Crippen LogP contribution is 2.33. The van der Waals surface area contributed by atoms with Crippen molar-refractivity contribution in [3.05, 3.63) is 66.2 Å². The van der Waals surface area contributed by atoms with E-state index in [4.69, 9.17) is 5.73 Å². The second-order valence-electron chi connectivity index (χ2n) is 7.30. The van der Waals surface area contributed by atoms with Crippen LogP contribution in [-0.2, 0) is 0 Å². The van der Waals surface area contributed by atoms with E-state index in [0.717, 1.165) is 28.7 Å². The summed E-state index contributed by atoms with van der Waals surface area (Å²) in [6.07, 6.45) is 3.59. The molecule has 0 aliphatic carbocycles. The number of carbonyl (C=O) groups is 1. The Balaban J connectivity index is 1.69. The molecule has 4 rings (SSSR count). The first-order valence-corrected chi connectivity index (χ1v) is 9.59. The number of fused-ring (bicyclic) bond motifs is 1. The molecule has 3 aromatic rings. The summed E-state index contributed by atoms with van der Waals surface area (Å²) in [4.78, 5) is 15.5. The van der Waals surface area contributed by atoms with Gasteiger partial charge in [-0.3, -0.25) is 4.79 Å². The molecule has 1 amide bonds. The molecule has 4 heteroatoms. The minimum atomic E-state index is -0.108. The molecule has 0 saturated carbocycles. The highest BCUT2D eigenvalue weighted by molar-refractivity contribution is 6.14. The number of carbonyl (C=O) groups excluding carboxylic acids is 1. The summed E-state index contributed by atoms with van der Waals surface area (Å²) in [6, 6.07) is 20.0. The maximum atomic E-state index is 13.1. The Morgan fingerprint density at radius 2 is 1.89 bits per heavy atom. The van der Waals surface area contributed by atoms with Gasteiger partial charge in [0.2, 0.25) is 0 Å². The van der Waals surface area contributed by atoms with Crippen molar-refractivity contribution < 1.29 is 4.79 Å². The van der Waals surface area contributed by atoms with Crippen molar-refractivity contribution in [2.75, 3.05) is 22.5 Å². The number of nitrogen functional groups attached to an aromatic ring is 1. The number of hydrogen-bond acceptors (Lipinski definition) is 3. The number of anilines is 3. The molecule has 3 aromatic carbocycles. The lowest BCUT2D eigenvalue weighted by atomic mass is 10.0.